The number of anilines is 1. The molecule has 0 radical (unpaired) electrons. The topological polar surface area (TPSA) is 81.7 Å². The third-order valence-electron chi connectivity index (χ3n) is 4.50. The van der Waals surface area contributed by atoms with Crippen molar-refractivity contribution in [1.29, 1.82) is 0 Å². The molecule has 0 aliphatic carbocycles. The van der Waals surface area contributed by atoms with Crippen LogP contribution in [-0.4, -0.2) is 82.6 Å². The van der Waals surface area contributed by atoms with Gasteiger partial charge in [-0.15, -0.1) is 10.2 Å². The second-order valence-corrected chi connectivity index (χ2v) is 7.43. The Balaban J connectivity index is 1.83. The molecule has 0 bridgehead atoms. The molecule has 1 N–H and O–H groups in total. The summed E-state index contributed by atoms with van der Waals surface area (Å²) in [5, 5.41) is 12.5. The van der Waals surface area contributed by atoms with E-state index in [4.69, 9.17) is 0 Å². The van der Waals surface area contributed by atoms with Gasteiger partial charge in [0.25, 0.3) is 0 Å². The Morgan fingerprint density at radius 1 is 1.12 bits per heavy atom. The van der Waals surface area contributed by atoms with E-state index in [1.54, 1.807) is 4.90 Å². The van der Waals surface area contributed by atoms with Crippen LogP contribution in [0.1, 0.15) is 38.6 Å². The third kappa shape index (κ3) is 5.91. The largest absolute Gasteiger partial charge is 0.342 e. The lowest BCUT2D eigenvalue weighted by molar-refractivity contribution is -0.132. The Hall–Kier alpha value is -1.74. The molecule has 0 aromatic carbocycles. The molecule has 2 rings (SSSR count). The third-order valence-corrected chi connectivity index (χ3v) is 5.39. The SMILES string of the molecule is CCCc1nnc(NC(=O)N2CCCN(CC(=O)N(CC)CC)CC2)s1. The Morgan fingerprint density at radius 2 is 1.88 bits per heavy atom. The Labute approximate surface area is 159 Å². The average molecular weight is 383 g/mol. The molecule has 1 aromatic heterocycles. The van der Waals surface area contributed by atoms with Crippen molar-refractivity contribution in [3.8, 4) is 0 Å². The minimum atomic E-state index is -0.138. The molecule has 8 nitrogen and oxygen atoms in total. The summed E-state index contributed by atoms with van der Waals surface area (Å²) in [6.45, 7) is 10.8. The number of nitrogens with zero attached hydrogens (tertiary/aromatic N) is 5. The van der Waals surface area contributed by atoms with Gasteiger partial charge in [-0.25, -0.2) is 4.79 Å². The molecule has 1 aliphatic rings. The van der Waals surface area contributed by atoms with Gasteiger partial charge in [0, 0.05) is 45.7 Å². The van der Waals surface area contributed by atoms with E-state index in [-0.39, 0.29) is 11.9 Å². The van der Waals surface area contributed by atoms with Crippen LogP contribution in [-0.2, 0) is 11.2 Å². The van der Waals surface area contributed by atoms with Crippen LogP contribution in [0, 0.1) is 0 Å². The molecule has 0 spiro atoms. The van der Waals surface area contributed by atoms with Crippen molar-refractivity contribution in [2.75, 3.05) is 51.1 Å². The van der Waals surface area contributed by atoms with Crippen LogP contribution < -0.4 is 5.32 Å². The molecular formula is C17H30N6O2S. The van der Waals surface area contributed by atoms with Crippen molar-refractivity contribution >= 4 is 28.4 Å². The zero-order chi connectivity index (χ0) is 18.9. The lowest BCUT2D eigenvalue weighted by Crippen LogP contribution is -2.42. The van der Waals surface area contributed by atoms with Gasteiger partial charge in [0.1, 0.15) is 5.01 Å². The number of hydrogen-bond acceptors (Lipinski definition) is 6. The van der Waals surface area contributed by atoms with Crippen molar-refractivity contribution in [2.24, 2.45) is 0 Å². The monoisotopic (exact) mass is 382 g/mol. The first-order valence-corrected chi connectivity index (χ1v) is 10.3. The smallest absolute Gasteiger partial charge is 0.323 e. The number of amides is 3. The second kappa shape index (κ2) is 10.4. The lowest BCUT2D eigenvalue weighted by Gasteiger charge is -2.25. The first kappa shape index (κ1) is 20.6. The van der Waals surface area contributed by atoms with Crippen molar-refractivity contribution < 1.29 is 9.59 Å². The Morgan fingerprint density at radius 3 is 2.58 bits per heavy atom. The molecule has 3 amide bonds. The molecule has 146 valence electrons. The fourth-order valence-electron chi connectivity index (χ4n) is 2.99. The highest BCUT2D eigenvalue weighted by Crippen LogP contribution is 2.17. The van der Waals surface area contributed by atoms with Gasteiger partial charge >= 0.3 is 6.03 Å². The molecule has 1 aliphatic heterocycles. The van der Waals surface area contributed by atoms with Crippen LogP contribution in [0.4, 0.5) is 9.93 Å². The van der Waals surface area contributed by atoms with Crippen LogP contribution >= 0.6 is 11.3 Å². The number of rotatable bonds is 7. The van der Waals surface area contributed by atoms with Gasteiger partial charge in [0.15, 0.2) is 0 Å². The molecule has 1 saturated heterocycles. The fraction of sp³-hybridized carbons (Fsp3) is 0.765. The van der Waals surface area contributed by atoms with Crippen molar-refractivity contribution in [2.45, 2.75) is 40.0 Å². The number of carbonyl (C=O) groups excluding carboxylic acids is 2. The Bertz CT molecular complexity index is 590. The predicted molar refractivity (Wildman–Crippen MR) is 103 cm³/mol. The number of aromatic nitrogens is 2. The van der Waals surface area contributed by atoms with Gasteiger partial charge in [-0.3, -0.25) is 15.0 Å². The highest BCUT2D eigenvalue weighted by atomic mass is 32.1. The molecule has 0 unspecified atom stereocenters. The average Bonchev–Trinajstić information content (AvgIpc) is 2.92. The van der Waals surface area contributed by atoms with Crippen LogP contribution in [0.15, 0.2) is 0 Å². The molecular weight excluding hydrogens is 352 g/mol. The molecule has 1 aromatic rings. The van der Waals surface area contributed by atoms with E-state index in [0.717, 1.165) is 43.9 Å². The fourth-order valence-corrected chi connectivity index (χ4v) is 3.82. The van der Waals surface area contributed by atoms with E-state index in [2.05, 4.69) is 27.3 Å². The summed E-state index contributed by atoms with van der Waals surface area (Å²) in [7, 11) is 0. The van der Waals surface area contributed by atoms with Crippen molar-refractivity contribution in [3.05, 3.63) is 5.01 Å². The number of likely N-dealkylation sites (N-methyl/N-ethyl adjacent to an activating group) is 1. The summed E-state index contributed by atoms with van der Waals surface area (Å²) in [4.78, 5) is 30.5. The maximum absolute atomic E-state index is 12.5. The van der Waals surface area contributed by atoms with E-state index in [1.165, 1.54) is 11.3 Å². The number of aryl methyl sites for hydroxylation is 1. The van der Waals surface area contributed by atoms with E-state index < -0.39 is 0 Å². The maximum Gasteiger partial charge on any atom is 0.323 e. The summed E-state index contributed by atoms with van der Waals surface area (Å²) < 4.78 is 0. The number of carbonyl (C=O) groups is 2. The van der Waals surface area contributed by atoms with Crippen LogP contribution in [0.5, 0.6) is 0 Å². The van der Waals surface area contributed by atoms with Gasteiger partial charge in [-0.05, 0) is 26.7 Å². The van der Waals surface area contributed by atoms with Gasteiger partial charge in [0.2, 0.25) is 11.0 Å². The minimum Gasteiger partial charge on any atom is -0.342 e. The van der Waals surface area contributed by atoms with E-state index >= 15 is 0 Å². The predicted octanol–water partition coefficient (Wildman–Crippen LogP) is 1.90. The molecule has 9 heteroatoms. The van der Waals surface area contributed by atoms with Crippen LogP contribution in [0.3, 0.4) is 0 Å². The lowest BCUT2D eigenvalue weighted by atomic mass is 10.3. The van der Waals surface area contributed by atoms with Gasteiger partial charge in [-0.1, -0.05) is 18.3 Å². The van der Waals surface area contributed by atoms with Crippen molar-refractivity contribution in [3.63, 3.8) is 0 Å². The van der Waals surface area contributed by atoms with Gasteiger partial charge < -0.3 is 9.80 Å². The molecule has 1 fully saturated rings. The highest BCUT2D eigenvalue weighted by Gasteiger charge is 2.22. The summed E-state index contributed by atoms with van der Waals surface area (Å²) in [5.41, 5.74) is 0. The summed E-state index contributed by atoms with van der Waals surface area (Å²) >= 11 is 1.43. The quantitative estimate of drug-likeness (QED) is 0.779. The highest BCUT2D eigenvalue weighted by molar-refractivity contribution is 7.15. The van der Waals surface area contributed by atoms with Gasteiger partial charge in [0.05, 0.1) is 6.54 Å². The summed E-state index contributed by atoms with van der Waals surface area (Å²) in [5.74, 6) is 0.158. The number of nitrogens with one attached hydrogen (secondary N) is 1. The van der Waals surface area contributed by atoms with E-state index in [9.17, 15) is 9.59 Å². The minimum absolute atomic E-state index is 0.138. The zero-order valence-corrected chi connectivity index (χ0v) is 16.8. The summed E-state index contributed by atoms with van der Waals surface area (Å²) in [6.07, 6.45) is 2.75. The maximum atomic E-state index is 12.5. The molecule has 0 atom stereocenters. The van der Waals surface area contributed by atoms with E-state index in [1.807, 2.05) is 18.7 Å². The van der Waals surface area contributed by atoms with Gasteiger partial charge in [-0.2, -0.15) is 0 Å². The van der Waals surface area contributed by atoms with Crippen LogP contribution in [0.25, 0.3) is 0 Å². The first-order chi connectivity index (χ1) is 12.6. The first-order valence-electron chi connectivity index (χ1n) is 9.45. The van der Waals surface area contributed by atoms with E-state index in [0.29, 0.717) is 31.3 Å². The zero-order valence-electron chi connectivity index (χ0n) is 16.0. The Kier molecular flexibility index (Phi) is 8.24. The molecule has 2 heterocycles. The normalized spacial score (nSPS) is 15.6. The second-order valence-electron chi connectivity index (χ2n) is 6.36. The summed E-state index contributed by atoms with van der Waals surface area (Å²) in [6, 6.07) is -0.138. The molecule has 0 saturated carbocycles. The number of urea groups is 1. The standard InChI is InChI=1S/C17H30N6O2S/c1-4-8-14-19-20-16(26-14)18-17(25)23-10-7-9-21(11-12-23)13-15(24)22(5-2)6-3/h4-13H2,1-3H3,(H,18,20,25). The number of hydrogen-bond donors (Lipinski definition) is 1. The molecule has 26 heavy (non-hydrogen) atoms. The van der Waals surface area contributed by atoms with Crippen LogP contribution in [0.2, 0.25) is 0 Å². The van der Waals surface area contributed by atoms with Crippen molar-refractivity contribution in [1.82, 2.24) is 24.9 Å².